The first-order valence-electron chi connectivity index (χ1n) is 4.14. The lowest BCUT2D eigenvalue weighted by Gasteiger charge is -1.96. The molecule has 2 rings (SSSR count). The Hall–Kier alpha value is -1.35. The van der Waals surface area contributed by atoms with Crippen LogP contribution in [0.15, 0.2) is 22.6 Å². The molecular weight excluding hydrogens is 166 g/mol. The van der Waals surface area contributed by atoms with Crippen molar-refractivity contribution >= 4 is 11.1 Å². The van der Waals surface area contributed by atoms with E-state index in [9.17, 15) is 0 Å². The maximum Gasteiger partial charge on any atom is 0.192 e. The van der Waals surface area contributed by atoms with Crippen molar-refractivity contribution in [3.8, 4) is 0 Å². The summed E-state index contributed by atoms with van der Waals surface area (Å²) in [4.78, 5) is 4.21. The Morgan fingerprint density at radius 3 is 3.08 bits per heavy atom. The summed E-state index contributed by atoms with van der Waals surface area (Å²) in [5.74, 6) is 0.699. The molecule has 1 aromatic heterocycles. The van der Waals surface area contributed by atoms with E-state index in [2.05, 4.69) is 4.98 Å². The fourth-order valence-electron chi connectivity index (χ4n) is 1.34. The summed E-state index contributed by atoms with van der Waals surface area (Å²) in [7, 11) is 1.68. The van der Waals surface area contributed by atoms with Gasteiger partial charge in [-0.25, -0.2) is 4.98 Å². The van der Waals surface area contributed by atoms with Crippen LogP contribution in [0.1, 0.15) is 11.5 Å². The predicted molar refractivity (Wildman–Crippen MR) is 49.5 cm³/mol. The van der Waals surface area contributed by atoms with E-state index in [0.29, 0.717) is 12.5 Å². The SMILES string of the molecule is COCc1ccc2nc(C)oc2c1. The van der Waals surface area contributed by atoms with Gasteiger partial charge in [0.05, 0.1) is 6.61 Å². The topological polar surface area (TPSA) is 35.3 Å². The second kappa shape index (κ2) is 3.18. The molecule has 0 spiro atoms. The van der Waals surface area contributed by atoms with Crippen molar-refractivity contribution in [2.45, 2.75) is 13.5 Å². The van der Waals surface area contributed by atoms with Crippen molar-refractivity contribution in [2.75, 3.05) is 7.11 Å². The van der Waals surface area contributed by atoms with E-state index in [4.69, 9.17) is 9.15 Å². The van der Waals surface area contributed by atoms with Crippen molar-refractivity contribution in [3.63, 3.8) is 0 Å². The molecule has 0 atom stereocenters. The van der Waals surface area contributed by atoms with Gasteiger partial charge in [-0.1, -0.05) is 6.07 Å². The second-order valence-corrected chi connectivity index (χ2v) is 2.97. The average Bonchev–Trinajstić information content (AvgIpc) is 2.44. The Balaban J connectivity index is 2.48. The van der Waals surface area contributed by atoms with Crippen LogP contribution in [0.25, 0.3) is 11.1 Å². The number of aromatic nitrogens is 1. The predicted octanol–water partition coefficient (Wildman–Crippen LogP) is 2.28. The fourth-order valence-corrected chi connectivity index (χ4v) is 1.34. The summed E-state index contributed by atoms with van der Waals surface area (Å²) in [5.41, 5.74) is 2.83. The number of hydrogen-bond donors (Lipinski definition) is 0. The zero-order chi connectivity index (χ0) is 9.26. The summed E-state index contributed by atoms with van der Waals surface area (Å²) >= 11 is 0. The van der Waals surface area contributed by atoms with Gasteiger partial charge in [0.25, 0.3) is 0 Å². The van der Waals surface area contributed by atoms with E-state index in [1.54, 1.807) is 7.11 Å². The van der Waals surface area contributed by atoms with Crippen LogP contribution in [0.3, 0.4) is 0 Å². The van der Waals surface area contributed by atoms with Gasteiger partial charge in [0, 0.05) is 14.0 Å². The molecule has 13 heavy (non-hydrogen) atoms. The van der Waals surface area contributed by atoms with Crippen molar-refractivity contribution < 1.29 is 9.15 Å². The third-order valence-electron chi connectivity index (χ3n) is 1.87. The highest BCUT2D eigenvalue weighted by atomic mass is 16.5. The van der Waals surface area contributed by atoms with Gasteiger partial charge in [-0.3, -0.25) is 0 Å². The van der Waals surface area contributed by atoms with E-state index in [-0.39, 0.29) is 0 Å². The number of aryl methyl sites for hydroxylation is 1. The molecule has 1 aromatic carbocycles. The van der Waals surface area contributed by atoms with E-state index in [1.807, 2.05) is 25.1 Å². The fraction of sp³-hybridized carbons (Fsp3) is 0.300. The molecule has 68 valence electrons. The number of fused-ring (bicyclic) bond motifs is 1. The number of methoxy groups -OCH3 is 1. The van der Waals surface area contributed by atoms with Gasteiger partial charge in [0.2, 0.25) is 0 Å². The maximum absolute atomic E-state index is 5.39. The zero-order valence-corrected chi connectivity index (χ0v) is 7.70. The summed E-state index contributed by atoms with van der Waals surface area (Å²) in [6.45, 7) is 2.45. The Labute approximate surface area is 76.3 Å². The van der Waals surface area contributed by atoms with Gasteiger partial charge in [-0.2, -0.15) is 0 Å². The highest BCUT2D eigenvalue weighted by molar-refractivity contribution is 5.73. The van der Waals surface area contributed by atoms with Gasteiger partial charge < -0.3 is 9.15 Å². The number of ether oxygens (including phenoxy) is 1. The number of nitrogens with zero attached hydrogens (tertiary/aromatic N) is 1. The Kier molecular flexibility index (Phi) is 2.02. The molecule has 0 aliphatic carbocycles. The molecule has 0 amide bonds. The van der Waals surface area contributed by atoms with Gasteiger partial charge in [-0.15, -0.1) is 0 Å². The van der Waals surface area contributed by atoms with Crippen LogP contribution >= 0.6 is 0 Å². The summed E-state index contributed by atoms with van der Waals surface area (Å²) in [6.07, 6.45) is 0. The quantitative estimate of drug-likeness (QED) is 0.705. The first kappa shape index (κ1) is 8.26. The Morgan fingerprint density at radius 2 is 2.31 bits per heavy atom. The molecule has 0 bridgehead atoms. The van der Waals surface area contributed by atoms with Crippen molar-refractivity contribution in [3.05, 3.63) is 29.7 Å². The highest BCUT2D eigenvalue weighted by Crippen LogP contribution is 2.16. The molecule has 0 saturated heterocycles. The van der Waals surface area contributed by atoms with Crippen LogP contribution in [0, 0.1) is 6.92 Å². The number of rotatable bonds is 2. The molecular formula is C10H11NO2. The van der Waals surface area contributed by atoms with Crippen molar-refractivity contribution in [2.24, 2.45) is 0 Å². The van der Waals surface area contributed by atoms with Crippen molar-refractivity contribution in [1.82, 2.24) is 4.98 Å². The molecule has 3 nitrogen and oxygen atoms in total. The molecule has 1 heterocycles. The smallest absolute Gasteiger partial charge is 0.192 e. The number of benzene rings is 1. The van der Waals surface area contributed by atoms with Gasteiger partial charge in [0.1, 0.15) is 5.52 Å². The van der Waals surface area contributed by atoms with Crippen LogP contribution < -0.4 is 0 Å². The Bertz CT molecular complexity index is 420. The second-order valence-electron chi connectivity index (χ2n) is 2.97. The summed E-state index contributed by atoms with van der Waals surface area (Å²) in [6, 6.07) is 5.90. The highest BCUT2D eigenvalue weighted by Gasteiger charge is 2.02. The van der Waals surface area contributed by atoms with Crippen LogP contribution in [0.5, 0.6) is 0 Å². The monoisotopic (exact) mass is 177 g/mol. The molecule has 0 aliphatic rings. The molecule has 0 N–H and O–H groups in total. The third kappa shape index (κ3) is 1.55. The van der Waals surface area contributed by atoms with Crippen LogP contribution in [0.2, 0.25) is 0 Å². The molecule has 0 aliphatic heterocycles. The average molecular weight is 177 g/mol. The lowest BCUT2D eigenvalue weighted by molar-refractivity contribution is 0.185. The standard InChI is InChI=1S/C10H11NO2/c1-7-11-9-4-3-8(6-12-2)5-10(9)13-7/h3-5H,6H2,1-2H3. The lowest BCUT2D eigenvalue weighted by Crippen LogP contribution is -1.85. The van der Waals surface area contributed by atoms with E-state index >= 15 is 0 Å². The van der Waals surface area contributed by atoms with Crippen LogP contribution in [0.4, 0.5) is 0 Å². The minimum absolute atomic E-state index is 0.607. The van der Waals surface area contributed by atoms with Crippen molar-refractivity contribution in [1.29, 1.82) is 0 Å². The van der Waals surface area contributed by atoms with E-state index in [1.165, 1.54) is 0 Å². The van der Waals surface area contributed by atoms with Gasteiger partial charge in [0.15, 0.2) is 11.5 Å². The van der Waals surface area contributed by atoms with Gasteiger partial charge >= 0.3 is 0 Å². The first-order valence-corrected chi connectivity index (χ1v) is 4.14. The normalized spacial score (nSPS) is 10.9. The number of hydrogen-bond acceptors (Lipinski definition) is 3. The summed E-state index contributed by atoms with van der Waals surface area (Å²) < 4.78 is 10.4. The van der Waals surface area contributed by atoms with Crippen LogP contribution in [-0.2, 0) is 11.3 Å². The third-order valence-corrected chi connectivity index (χ3v) is 1.87. The molecule has 0 unspecified atom stereocenters. The molecule has 0 fully saturated rings. The van der Waals surface area contributed by atoms with E-state index in [0.717, 1.165) is 16.7 Å². The van der Waals surface area contributed by atoms with Gasteiger partial charge in [-0.05, 0) is 17.7 Å². The van der Waals surface area contributed by atoms with Crippen LogP contribution in [-0.4, -0.2) is 12.1 Å². The molecule has 3 heteroatoms. The Morgan fingerprint density at radius 1 is 1.46 bits per heavy atom. The van der Waals surface area contributed by atoms with E-state index < -0.39 is 0 Å². The first-order chi connectivity index (χ1) is 6.29. The molecule has 0 radical (unpaired) electrons. The molecule has 0 saturated carbocycles. The molecule has 2 aromatic rings. The lowest BCUT2D eigenvalue weighted by atomic mass is 10.2. The summed E-state index contributed by atoms with van der Waals surface area (Å²) in [5, 5.41) is 0. The zero-order valence-electron chi connectivity index (χ0n) is 7.70. The minimum atomic E-state index is 0.607. The number of oxazole rings is 1. The largest absolute Gasteiger partial charge is 0.441 e. The maximum atomic E-state index is 5.39. The minimum Gasteiger partial charge on any atom is -0.441 e.